The molecular weight excluding hydrogens is 653 g/mol. The van der Waals surface area contributed by atoms with E-state index in [-0.39, 0.29) is 11.4 Å². The van der Waals surface area contributed by atoms with Crippen LogP contribution in [0, 0.1) is 20.2 Å². The molecule has 48 heavy (non-hydrogen) atoms. The molecule has 0 aliphatic heterocycles. The van der Waals surface area contributed by atoms with Crippen molar-refractivity contribution in [1.82, 2.24) is 9.97 Å². The number of rotatable bonds is 15. The third-order valence-corrected chi connectivity index (χ3v) is 9.37. The van der Waals surface area contributed by atoms with Crippen LogP contribution in [0.15, 0.2) is 82.6 Å². The molecule has 0 amide bonds. The van der Waals surface area contributed by atoms with Crippen molar-refractivity contribution in [2.45, 2.75) is 9.79 Å². The van der Waals surface area contributed by atoms with Crippen LogP contribution in [-0.4, -0.2) is 71.8 Å². The smallest absolute Gasteiger partial charge is 0.270 e. The fourth-order valence-corrected chi connectivity index (χ4v) is 6.74. The van der Waals surface area contributed by atoms with Crippen LogP contribution in [0.2, 0.25) is 0 Å². The van der Waals surface area contributed by atoms with Gasteiger partial charge in [0.05, 0.1) is 69.7 Å². The number of ether oxygens (including phenoxy) is 2. The molecule has 12 nitrogen and oxygen atoms in total. The third kappa shape index (κ3) is 6.92. The molecule has 6 aromatic rings. The average Bonchev–Trinajstić information content (AvgIpc) is 3.10. The minimum atomic E-state index is -0.404. The van der Waals surface area contributed by atoms with Crippen molar-refractivity contribution in [3.8, 4) is 0 Å². The first-order valence-corrected chi connectivity index (χ1v) is 17.6. The van der Waals surface area contributed by atoms with Crippen molar-refractivity contribution in [3.05, 3.63) is 93.0 Å². The normalized spacial score (nSPS) is 11.5. The standard InChI is InChI=1S/C34H32N6O6S2/c1-47-29-7-3-5-23-31(25-19-21(39(41)42)9-11-27(25)37-33(23)29)35-13-15-45-17-18-46-16-14-36-32-24-6-4-8-30(48-2)34(24)38-28-12-10-22(40(43)44)20-26(28)32/h3-12,19-20H,13-18H2,1-2H3,(H,35,37)(H,36,38). The van der Waals surface area contributed by atoms with E-state index in [1.165, 1.54) is 12.1 Å². The zero-order valence-corrected chi connectivity index (χ0v) is 27.9. The fourth-order valence-electron chi connectivity index (χ4n) is 5.61. The zero-order chi connectivity index (χ0) is 33.6. The number of nitrogens with one attached hydrogen (secondary N) is 2. The van der Waals surface area contributed by atoms with Gasteiger partial charge >= 0.3 is 0 Å². The number of pyridine rings is 2. The quantitative estimate of drug-likeness (QED) is 0.0355. The number of nitrogens with zero attached hydrogens (tertiary/aromatic N) is 4. The highest BCUT2D eigenvalue weighted by molar-refractivity contribution is 7.99. The van der Waals surface area contributed by atoms with Crippen molar-refractivity contribution < 1.29 is 19.3 Å². The Morgan fingerprint density at radius 3 is 1.46 bits per heavy atom. The van der Waals surface area contributed by atoms with Crippen LogP contribution in [0.4, 0.5) is 22.7 Å². The summed E-state index contributed by atoms with van der Waals surface area (Å²) in [7, 11) is 0. The van der Waals surface area contributed by atoms with Crippen LogP contribution in [0.1, 0.15) is 0 Å². The first kappa shape index (κ1) is 33.2. The Labute approximate surface area is 283 Å². The summed E-state index contributed by atoms with van der Waals surface area (Å²) in [6, 6.07) is 21.3. The van der Waals surface area contributed by atoms with Crippen molar-refractivity contribution >= 4 is 89.9 Å². The maximum absolute atomic E-state index is 11.5. The van der Waals surface area contributed by atoms with Gasteiger partial charge in [-0.2, -0.15) is 0 Å². The van der Waals surface area contributed by atoms with Gasteiger partial charge in [0.1, 0.15) is 0 Å². The van der Waals surface area contributed by atoms with Gasteiger partial charge in [0.2, 0.25) is 0 Å². The maximum Gasteiger partial charge on any atom is 0.270 e. The van der Waals surface area contributed by atoms with E-state index in [0.717, 1.165) is 43.0 Å². The Morgan fingerprint density at radius 2 is 1.06 bits per heavy atom. The summed E-state index contributed by atoms with van der Waals surface area (Å²) >= 11 is 3.20. The summed E-state index contributed by atoms with van der Waals surface area (Å²) in [5.74, 6) is 0. The molecule has 0 aliphatic rings. The lowest BCUT2D eigenvalue weighted by Gasteiger charge is -2.15. The minimum Gasteiger partial charge on any atom is -0.382 e. The molecule has 0 bridgehead atoms. The van der Waals surface area contributed by atoms with Crippen LogP contribution in [0.25, 0.3) is 43.6 Å². The van der Waals surface area contributed by atoms with Crippen LogP contribution >= 0.6 is 23.5 Å². The molecule has 0 saturated heterocycles. The Kier molecular flexibility index (Phi) is 10.3. The number of para-hydroxylation sites is 2. The molecule has 246 valence electrons. The number of non-ortho nitro benzene ring substituents is 2. The largest absolute Gasteiger partial charge is 0.382 e. The summed E-state index contributed by atoms with van der Waals surface area (Å²) in [4.78, 5) is 33.8. The number of nitro benzene ring substituents is 2. The average molecular weight is 685 g/mol. The van der Waals surface area contributed by atoms with E-state index in [4.69, 9.17) is 19.4 Å². The molecule has 0 radical (unpaired) electrons. The predicted molar refractivity (Wildman–Crippen MR) is 194 cm³/mol. The highest BCUT2D eigenvalue weighted by Gasteiger charge is 2.17. The molecule has 4 aromatic carbocycles. The number of hydrogen-bond acceptors (Lipinski definition) is 12. The Balaban J connectivity index is 1.05. The van der Waals surface area contributed by atoms with Gasteiger partial charge in [-0.15, -0.1) is 23.5 Å². The van der Waals surface area contributed by atoms with Crippen LogP contribution < -0.4 is 10.6 Å². The molecule has 2 heterocycles. The van der Waals surface area contributed by atoms with Crippen molar-refractivity contribution in [2.75, 3.05) is 62.7 Å². The zero-order valence-electron chi connectivity index (χ0n) is 26.2. The molecule has 6 rings (SSSR count). The molecule has 2 aromatic heterocycles. The summed E-state index contributed by atoms with van der Waals surface area (Å²) in [6.07, 6.45) is 3.99. The number of thioether (sulfide) groups is 2. The second-order valence-corrected chi connectivity index (χ2v) is 12.4. The Bertz CT molecular complexity index is 2010. The van der Waals surface area contributed by atoms with Crippen LogP contribution in [0.5, 0.6) is 0 Å². The van der Waals surface area contributed by atoms with E-state index < -0.39 is 9.85 Å². The number of aromatic nitrogens is 2. The Morgan fingerprint density at radius 1 is 0.625 bits per heavy atom. The van der Waals surface area contributed by atoms with Crippen molar-refractivity contribution in [3.63, 3.8) is 0 Å². The summed E-state index contributed by atoms with van der Waals surface area (Å²) in [5, 5.41) is 33.0. The highest BCUT2D eigenvalue weighted by atomic mass is 32.2. The third-order valence-electron chi connectivity index (χ3n) is 7.83. The van der Waals surface area contributed by atoms with Crippen LogP contribution in [0.3, 0.4) is 0 Å². The van der Waals surface area contributed by atoms with E-state index in [1.807, 2.05) is 48.9 Å². The van der Waals surface area contributed by atoms with Crippen molar-refractivity contribution in [1.29, 1.82) is 0 Å². The van der Waals surface area contributed by atoms with Crippen molar-refractivity contribution in [2.24, 2.45) is 0 Å². The first-order valence-electron chi connectivity index (χ1n) is 15.1. The number of hydrogen-bond donors (Lipinski definition) is 2. The predicted octanol–water partition coefficient (Wildman–Crippen LogP) is 7.91. The molecule has 0 atom stereocenters. The SMILES string of the molecule is CSc1cccc2c(NCCOCCOCCNc3c4cc([N+](=O)[O-])ccc4nc4c(SC)cccc34)c3cc([N+](=O)[O-])ccc3nc12. The number of benzene rings is 4. The Hall–Kier alpha value is -4.76. The maximum atomic E-state index is 11.5. The summed E-state index contributed by atoms with van der Waals surface area (Å²) < 4.78 is 11.6. The molecule has 0 saturated carbocycles. The lowest BCUT2D eigenvalue weighted by atomic mass is 10.1. The molecule has 14 heteroatoms. The van der Waals surface area contributed by atoms with E-state index in [9.17, 15) is 20.2 Å². The number of anilines is 2. The van der Waals surface area contributed by atoms with Gasteiger partial charge in [-0.05, 0) is 36.8 Å². The molecule has 2 N–H and O–H groups in total. The highest BCUT2D eigenvalue weighted by Crippen LogP contribution is 2.38. The van der Waals surface area contributed by atoms with Gasteiger partial charge in [-0.1, -0.05) is 24.3 Å². The first-order chi connectivity index (χ1) is 23.4. The lowest BCUT2D eigenvalue weighted by Crippen LogP contribution is -2.15. The number of fused-ring (bicyclic) bond motifs is 4. The lowest BCUT2D eigenvalue weighted by molar-refractivity contribution is -0.384. The molecule has 0 spiro atoms. The second-order valence-electron chi connectivity index (χ2n) is 10.7. The number of nitro groups is 2. The van der Waals surface area contributed by atoms with Gasteiger partial charge in [0, 0.05) is 68.7 Å². The fraction of sp³-hybridized carbons (Fsp3) is 0.235. The van der Waals surface area contributed by atoms with E-state index >= 15 is 0 Å². The monoisotopic (exact) mass is 684 g/mol. The summed E-state index contributed by atoms with van der Waals surface area (Å²) in [5.41, 5.74) is 4.61. The van der Waals surface area contributed by atoms with Gasteiger partial charge in [0.25, 0.3) is 11.4 Å². The van der Waals surface area contributed by atoms with Gasteiger partial charge in [0.15, 0.2) is 0 Å². The summed E-state index contributed by atoms with van der Waals surface area (Å²) in [6.45, 7) is 2.52. The van der Waals surface area contributed by atoms with E-state index in [0.29, 0.717) is 61.3 Å². The molecule has 0 unspecified atom stereocenters. The van der Waals surface area contributed by atoms with Gasteiger partial charge in [-0.25, -0.2) is 9.97 Å². The second kappa shape index (κ2) is 15.0. The van der Waals surface area contributed by atoms with E-state index in [1.54, 1.807) is 47.8 Å². The van der Waals surface area contributed by atoms with Gasteiger partial charge < -0.3 is 20.1 Å². The molecular formula is C34H32N6O6S2. The molecule has 0 fully saturated rings. The van der Waals surface area contributed by atoms with Gasteiger partial charge in [-0.3, -0.25) is 20.2 Å². The topological polar surface area (TPSA) is 155 Å². The van der Waals surface area contributed by atoms with E-state index in [2.05, 4.69) is 10.6 Å². The minimum absolute atomic E-state index is 0.00643. The van der Waals surface area contributed by atoms with Crippen LogP contribution in [-0.2, 0) is 9.47 Å². The molecule has 0 aliphatic carbocycles.